The van der Waals surface area contributed by atoms with Crippen molar-refractivity contribution < 1.29 is 18.3 Å². The zero-order chi connectivity index (χ0) is 15.0. The van der Waals surface area contributed by atoms with E-state index in [0.29, 0.717) is 35.3 Å². The van der Waals surface area contributed by atoms with E-state index >= 15 is 0 Å². The fourth-order valence-electron chi connectivity index (χ4n) is 2.16. The molecule has 0 amide bonds. The van der Waals surface area contributed by atoms with E-state index in [1.165, 1.54) is 12.1 Å². The molecule has 0 N–H and O–H groups in total. The number of hydrogen-bond donors (Lipinski definition) is 0. The van der Waals surface area contributed by atoms with Gasteiger partial charge in [0.1, 0.15) is 13.2 Å². The smallest absolute Gasteiger partial charge is 0.163 e. The summed E-state index contributed by atoms with van der Waals surface area (Å²) < 4.78 is 38.2. The minimum atomic E-state index is -0.898. The Hall–Kier alpha value is -1.33. The fourth-order valence-corrected chi connectivity index (χ4v) is 3.28. The summed E-state index contributed by atoms with van der Waals surface area (Å²) in [6.45, 7) is 0.897. The van der Waals surface area contributed by atoms with Crippen molar-refractivity contribution in [2.45, 2.75) is 4.83 Å². The van der Waals surface area contributed by atoms with Crippen LogP contribution in [0.3, 0.4) is 0 Å². The van der Waals surface area contributed by atoms with Crippen LogP contribution in [-0.2, 0) is 0 Å². The predicted molar refractivity (Wildman–Crippen MR) is 79.6 cm³/mol. The Bertz CT molecular complexity index is 694. The highest BCUT2D eigenvalue weighted by Crippen LogP contribution is 2.43. The van der Waals surface area contributed by atoms with E-state index in [1.807, 2.05) is 0 Å². The van der Waals surface area contributed by atoms with Crippen LogP contribution < -0.4 is 9.47 Å². The van der Waals surface area contributed by atoms with Gasteiger partial charge in [0.2, 0.25) is 0 Å². The van der Waals surface area contributed by atoms with E-state index in [-0.39, 0.29) is 5.56 Å². The lowest BCUT2D eigenvalue weighted by Gasteiger charge is -2.21. The summed E-state index contributed by atoms with van der Waals surface area (Å²) in [5.41, 5.74) is 0.763. The second kappa shape index (κ2) is 5.81. The monoisotopic (exact) mass is 374 g/mol. The van der Waals surface area contributed by atoms with Crippen molar-refractivity contribution in [3.05, 3.63) is 58.1 Å². The Morgan fingerprint density at radius 3 is 2.43 bits per heavy atom. The van der Waals surface area contributed by atoms with Gasteiger partial charge in [0, 0.05) is 16.7 Å². The molecule has 0 fully saturated rings. The molecule has 1 unspecified atom stereocenters. The molecule has 2 aromatic carbocycles. The maximum Gasteiger partial charge on any atom is 0.163 e. The van der Waals surface area contributed by atoms with Crippen LogP contribution in [0.4, 0.5) is 8.78 Å². The molecule has 0 spiro atoms. The lowest BCUT2D eigenvalue weighted by molar-refractivity contribution is 0.171. The Balaban J connectivity index is 2.05. The third-order valence-corrected chi connectivity index (χ3v) is 4.50. The summed E-state index contributed by atoms with van der Waals surface area (Å²) in [5.74, 6) is -0.702. The molecule has 110 valence electrons. The van der Waals surface area contributed by atoms with E-state index in [9.17, 15) is 8.78 Å². The van der Waals surface area contributed by atoms with Gasteiger partial charge in [0.25, 0.3) is 0 Å². The van der Waals surface area contributed by atoms with Crippen molar-refractivity contribution in [1.82, 2.24) is 0 Å². The molecule has 3 rings (SSSR count). The van der Waals surface area contributed by atoms with E-state index in [2.05, 4.69) is 15.9 Å². The molecule has 1 heterocycles. The van der Waals surface area contributed by atoms with Crippen molar-refractivity contribution in [1.29, 1.82) is 0 Å². The van der Waals surface area contributed by atoms with Crippen LogP contribution in [0.5, 0.6) is 11.5 Å². The van der Waals surface area contributed by atoms with Gasteiger partial charge in [-0.2, -0.15) is 0 Å². The molecule has 0 aliphatic carbocycles. The molecule has 0 saturated carbocycles. The standard InChI is InChI=1S/C15H10BrClF2O2/c16-14(8-2-1-3-11(18)15(8)19)9-6-12-13(7-10(9)17)21-5-4-20-12/h1-3,6-7,14H,4-5H2. The predicted octanol–water partition coefficient (Wildman–Crippen LogP) is 4.87. The van der Waals surface area contributed by atoms with Gasteiger partial charge in [-0.15, -0.1) is 0 Å². The van der Waals surface area contributed by atoms with Crippen LogP contribution in [-0.4, -0.2) is 13.2 Å². The third kappa shape index (κ3) is 2.72. The van der Waals surface area contributed by atoms with Crippen molar-refractivity contribution in [3.63, 3.8) is 0 Å². The van der Waals surface area contributed by atoms with Gasteiger partial charge in [-0.1, -0.05) is 39.7 Å². The molecule has 1 aliphatic heterocycles. The Labute approximate surface area is 133 Å². The van der Waals surface area contributed by atoms with Crippen LogP contribution in [0.2, 0.25) is 5.02 Å². The molecule has 21 heavy (non-hydrogen) atoms. The molecule has 2 nitrogen and oxygen atoms in total. The number of benzene rings is 2. The van der Waals surface area contributed by atoms with Gasteiger partial charge in [-0.05, 0) is 17.7 Å². The third-order valence-electron chi connectivity index (χ3n) is 3.19. The first kappa shape index (κ1) is 14.6. The molecule has 0 aromatic heterocycles. The Kier molecular flexibility index (Phi) is 4.04. The largest absolute Gasteiger partial charge is 0.486 e. The Morgan fingerprint density at radius 2 is 1.71 bits per heavy atom. The first-order chi connectivity index (χ1) is 10.1. The molecule has 0 radical (unpaired) electrons. The summed E-state index contributed by atoms with van der Waals surface area (Å²) >= 11 is 9.59. The fraction of sp³-hybridized carbons (Fsp3) is 0.200. The van der Waals surface area contributed by atoms with Crippen LogP contribution in [0.15, 0.2) is 30.3 Å². The van der Waals surface area contributed by atoms with Crippen molar-refractivity contribution in [2.75, 3.05) is 13.2 Å². The van der Waals surface area contributed by atoms with E-state index < -0.39 is 16.5 Å². The van der Waals surface area contributed by atoms with Crippen LogP contribution in [0.25, 0.3) is 0 Å². The molecule has 0 bridgehead atoms. The zero-order valence-corrected chi connectivity index (χ0v) is 13.0. The molecule has 1 aliphatic rings. The minimum absolute atomic E-state index is 0.175. The molecule has 1 atom stereocenters. The summed E-state index contributed by atoms with van der Waals surface area (Å²) in [5, 5.41) is 0.393. The van der Waals surface area contributed by atoms with E-state index in [1.54, 1.807) is 12.1 Å². The van der Waals surface area contributed by atoms with Crippen molar-refractivity contribution >= 4 is 27.5 Å². The van der Waals surface area contributed by atoms with Crippen molar-refractivity contribution in [3.8, 4) is 11.5 Å². The number of ether oxygens (including phenoxy) is 2. The molecular formula is C15H10BrClF2O2. The number of rotatable bonds is 2. The van der Waals surface area contributed by atoms with E-state index in [4.69, 9.17) is 21.1 Å². The zero-order valence-electron chi connectivity index (χ0n) is 10.7. The summed E-state index contributed by atoms with van der Waals surface area (Å²) in [6, 6.07) is 7.33. The Morgan fingerprint density at radius 1 is 1.05 bits per heavy atom. The number of halogens is 4. The van der Waals surface area contributed by atoms with Gasteiger partial charge in [-0.3, -0.25) is 0 Å². The summed E-state index contributed by atoms with van der Waals surface area (Å²) in [4.78, 5) is -0.587. The molecule has 0 saturated heterocycles. The normalized spacial score (nSPS) is 14.9. The van der Waals surface area contributed by atoms with Gasteiger partial charge < -0.3 is 9.47 Å². The lowest BCUT2D eigenvalue weighted by atomic mass is 10.0. The average molecular weight is 376 g/mol. The number of hydrogen-bond acceptors (Lipinski definition) is 2. The average Bonchev–Trinajstić information content (AvgIpc) is 2.48. The second-order valence-electron chi connectivity index (χ2n) is 4.52. The molecule has 2 aromatic rings. The minimum Gasteiger partial charge on any atom is -0.486 e. The van der Waals surface area contributed by atoms with Gasteiger partial charge in [0.15, 0.2) is 23.1 Å². The highest BCUT2D eigenvalue weighted by Gasteiger charge is 2.23. The van der Waals surface area contributed by atoms with E-state index in [0.717, 1.165) is 6.07 Å². The van der Waals surface area contributed by atoms with Gasteiger partial charge in [-0.25, -0.2) is 8.78 Å². The van der Waals surface area contributed by atoms with Crippen LogP contribution >= 0.6 is 27.5 Å². The first-order valence-electron chi connectivity index (χ1n) is 6.25. The maximum atomic E-state index is 13.9. The van der Waals surface area contributed by atoms with Crippen LogP contribution in [0, 0.1) is 11.6 Å². The SMILES string of the molecule is Fc1cccc(C(Br)c2cc3c(cc2Cl)OCCO3)c1F. The van der Waals surface area contributed by atoms with Gasteiger partial charge >= 0.3 is 0 Å². The molecular weight excluding hydrogens is 366 g/mol. The van der Waals surface area contributed by atoms with Crippen LogP contribution in [0.1, 0.15) is 16.0 Å². The topological polar surface area (TPSA) is 18.5 Å². The number of alkyl halides is 1. The molecule has 6 heteroatoms. The maximum absolute atomic E-state index is 13.9. The highest BCUT2D eigenvalue weighted by atomic mass is 79.9. The first-order valence-corrected chi connectivity index (χ1v) is 7.54. The summed E-state index contributed by atoms with van der Waals surface area (Å²) in [6.07, 6.45) is 0. The van der Waals surface area contributed by atoms with Gasteiger partial charge in [0.05, 0.1) is 4.83 Å². The highest BCUT2D eigenvalue weighted by molar-refractivity contribution is 9.09. The van der Waals surface area contributed by atoms with Crippen molar-refractivity contribution in [2.24, 2.45) is 0 Å². The summed E-state index contributed by atoms with van der Waals surface area (Å²) in [7, 11) is 0. The number of fused-ring (bicyclic) bond motifs is 1. The quantitative estimate of drug-likeness (QED) is 0.697. The second-order valence-corrected chi connectivity index (χ2v) is 5.85. The lowest BCUT2D eigenvalue weighted by Crippen LogP contribution is -2.15.